The van der Waals surface area contributed by atoms with Crippen LogP contribution in [0.5, 0.6) is 0 Å². The van der Waals surface area contributed by atoms with E-state index in [4.69, 9.17) is 10.6 Å². The summed E-state index contributed by atoms with van der Waals surface area (Å²) < 4.78 is 5.11. The first-order chi connectivity index (χ1) is 9.63. The van der Waals surface area contributed by atoms with E-state index in [1.54, 1.807) is 7.11 Å². The van der Waals surface area contributed by atoms with Crippen LogP contribution in [0.25, 0.3) is 0 Å². The van der Waals surface area contributed by atoms with Crippen molar-refractivity contribution in [2.24, 2.45) is 11.8 Å². The molecular weight excluding hydrogens is 254 g/mol. The van der Waals surface area contributed by atoms with Gasteiger partial charge in [-0.1, -0.05) is 19.8 Å². The monoisotopic (exact) mass is 279 g/mol. The van der Waals surface area contributed by atoms with Gasteiger partial charge in [-0.05, 0) is 18.8 Å². The summed E-state index contributed by atoms with van der Waals surface area (Å²) in [5.74, 6) is 8.44. The minimum atomic E-state index is 0.386. The molecule has 2 unspecified atom stereocenters. The van der Waals surface area contributed by atoms with Crippen molar-refractivity contribution < 1.29 is 4.74 Å². The van der Waals surface area contributed by atoms with Crippen molar-refractivity contribution in [2.45, 2.75) is 45.3 Å². The molecule has 3 N–H and O–H groups in total. The fourth-order valence-electron chi connectivity index (χ4n) is 2.87. The first-order valence-corrected chi connectivity index (χ1v) is 7.20. The number of hydrazine groups is 1. The van der Waals surface area contributed by atoms with Crippen LogP contribution in [-0.2, 0) is 11.3 Å². The fourth-order valence-corrected chi connectivity index (χ4v) is 2.87. The molecule has 1 heterocycles. The highest BCUT2D eigenvalue weighted by Crippen LogP contribution is 2.29. The highest BCUT2D eigenvalue weighted by molar-refractivity contribution is 5.49. The molecule has 1 aromatic rings. The van der Waals surface area contributed by atoms with Crippen molar-refractivity contribution in [3.63, 3.8) is 0 Å². The number of nitrogens with one attached hydrogen (secondary N) is 1. The van der Waals surface area contributed by atoms with E-state index in [1.807, 2.05) is 6.07 Å². The van der Waals surface area contributed by atoms with E-state index in [9.17, 15) is 0 Å². The van der Waals surface area contributed by atoms with Gasteiger partial charge in [-0.3, -0.25) is 0 Å². The summed E-state index contributed by atoms with van der Waals surface area (Å²) in [7, 11) is 3.74. The lowest BCUT2D eigenvalue weighted by Gasteiger charge is -2.35. The molecule has 1 aromatic heterocycles. The van der Waals surface area contributed by atoms with Gasteiger partial charge < -0.3 is 15.1 Å². The largest absolute Gasteiger partial charge is 0.377 e. The van der Waals surface area contributed by atoms with Gasteiger partial charge in [0, 0.05) is 26.3 Å². The van der Waals surface area contributed by atoms with Gasteiger partial charge in [-0.2, -0.15) is 0 Å². The van der Waals surface area contributed by atoms with E-state index in [1.165, 1.54) is 25.7 Å². The summed E-state index contributed by atoms with van der Waals surface area (Å²) in [6, 6.07) is 2.42. The summed E-state index contributed by atoms with van der Waals surface area (Å²) >= 11 is 0. The van der Waals surface area contributed by atoms with Gasteiger partial charge in [-0.25, -0.2) is 15.8 Å². The molecule has 1 fully saturated rings. The van der Waals surface area contributed by atoms with Crippen molar-refractivity contribution in [3.05, 3.63) is 11.9 Å². The predicted molar refractivity (Wildman–Crippen MR) is 80.4 cm³/mol. The van der Waals surface area contributed by atoms with Crippen molar-refractivity contribution in [2.75, 3.05) is 24.5 Å². The zero-order chi connectivity index (χ0) is 14.5. The molecule has 112 valence electrons. The molecule has 1 aliphatic rings. The Kier molecular flexibility index (Phi) is 5.14. The van der Waals surface area contributed by atoms with Crippen LogP contribution in [0.3, 0.4) is 0 Å². The minimum Gasteiger partial charge on any atom is -0.377 e. The first kappa shape index (κ1) is 15.0. The standard InChI is InChI=1S/C14H25N5O/c1-10-5-4-6-11(7-10)19(2)14-8-12(18-15)16-13(17-14)9-20-3/h8,10-11H,4-7,9,15H2,1-3H3,(H,16,17,18). The smallest absolute Gasteiger partial charge is 0.158 e. The Morgan fingerprint density at radius 3 is 2.90 bits per heavy atom. The molecule has 2 rings (SSSR count). The van der Waals surface area contributed by atoms with Crippen molar-refractivity contribution >= 4 is 11.6 Å². The van der Waals surface area contributed by atoms with Gasteiger partial charge >= 0.3 is 0 Å². The molecule has 0 aliphatic heterocycles. The number of rotatable bonds is 5. The maximum atomic E-state index is 5.48. The Morgan fingerprint density at radius 2 is 2.25 bits per heavy atom. The van der Waals surface area contributed by atoms with Crippen LogP contribution < -0.4 is 16.2 Å². The number of ether oxygens (including phenoxy) is 1. The Hall–Kier alpha value is -1.40. The third kappa shape index (κ3) is 3.58. The van der Waals surface area contributed by atoms with E-state index < -0.39 is 0 Å². The summed E-state index contributed by atoms with van der Waals surface area (Å²) in [5, 5.41) is 0. The van der Waals surface area contributed by atoms with Gasteiger partial charge in [-0.15, -0.1) is 0 Å². The lowest BCUT2D eigenvalue weighted by Crippen LogP contribution is -2.36. The molecule has 0 radical (unpaired) electrons. The second-order valence-electron chi connectivity index (χ2n) is 5.64. The van der Waals surface area contributed by atoms with Gasteiger partial charge in [0.05, 0.1) is 0 Å². The third-order valence-corrected chi connectivity index (χ3v) is 4.00. The molecule has 0 aromatic carbocycles. The SMILES string of the molecule is COCc1nc(NN)cc(N(C)C2CCCC(C)C2)n1. The third-order valence-electron chi connectivity index (χ3n) is 4.00. The van der Waals surface area contributed by atoms with Crippen molar-refractivity contribution in [3.8, 4) is 0 Å². The summed E-state index contributed by atoms with van der Waals surface area (Å²) in [6.07, 6.45) is 5.05. The van der Waals surface area contributed by atoms with Gasteiger partial charge in [0.1, 0.15) is 18.2 Å². The van der Waals surface area contributed by atoms with E-state index >= 15 is 0 Å². The summed E-state index contributed by atoms with van der Waals surface area (Å²) in [5.41, 5.74) is 2.60. The fraction of sp³-hybridized carbons (Fsp3) is 0.714. The Morgan fingerprint density at radius 1 is 1.45 bits per heavy atom. The minimum absolute atomic E-state index is 0.386. The van der Waals surface area contributed by atoms with E-state index in [0.29, 0.717) is 24.3 Å². The number of nitrogen functional groups attached to an aromatic ring is 1. The molecule has 0 amide bonds. The van der Waals surface area contributed by atoms with Crippen LogP contribution in [0, 0.1) is 5.92 Å². The highest BCUT2D eigenvalue weighted by atomic mass is 16.5. The quantitative estimate of drug-likeness (QED) is 0.633. The molecule has 6 nitrogen and oxygen atoms in total. The lowest BCUT2D eigenvalue weighted by molar-refractivity contribution is 0.178. The van der Waals surface area contributed by atoms with Crippen molar-refractivity contribution in [1.82, 2.24) is 9.97 Å². The number of nitrogens with two attached hydrogens (primary N) is 1. The van der Waals surface area contributed by atoms with E-state index in [2.05, 4.69) is 34.3 Å². The zero-order valence-corrected chi connectivity index (χ0v) is 12.6. The lowest BCUT2D eigenvalue weighted by atomic mass is 9.86. The number of nitrogens with zero attached hydrogens (tertiary/aromatic N) is 3. The average molecular weight is 279 g/mol. The number of hydrogen-bond acceptors (Lipinski definition) is 6. The summed E-state index contributed by atoms with van der Waals surface area (Å²) in [6.45, 7) is 2.71. The molecule has 0 bridgehead atoms. The number of anilines is 2. The number of hydrogen-bond donors (Lipinski definition) is 2. The topological polar surface area (TPSA) is 76.3 Å². The van der Waals surface area contributed by atoms with Crippen LogP contribution in [0.4, 0.5) is 11.6 Å². The number of methoxy groups -OCH3 is 1. The van der Waals surface area contributed by atoms with Crippen molar-refractivity contribution in [1.29, 1.82) is 0 Å². The molecule has 0 saturated heterocycles. The molecule has 20 heavy (non-hydrogen) atoms. The van der Waals surface area contributed by atoms with Gasteiger partial charge in [0.25, 0.3) is 0 Å². The first-order valence-electron chi connectivity index (χ1n) is 7.20. The normalized spacial score (nSPS) is 22.6. The van der Waals surface area contributed by atoms with Crippen LogP contribution in [0.1, 0.15) is 38.4 Å². The van der Waals surface area contributed by atoms with Crippen LogP contribution in [0.15, 0.2) is 6.07 Å². The highest BCUT2D eigenvalue weighted by Gasteiger charge is 2.23. The Balaban J connectivity index is 2.19. The van der Waals surface area contributed by atoms with E-state index in [-0.39, 0.29) is 0 Å². The van der Waals surface area contributed by atoms with E-state index in [0.717, 1.165) is 11.7 Å². The van der Waals surface area contributed by atoms with Crippen LogP contribution >= 0.6 is 0 Å². The maximum absolute atomic E-state index is 5.48. The Labute approximate surface area is 120 Å². The van der Waals surface area contributed by atoms with Gasteiger partial charge in [0.15, 0.2) is 5.82 Å². The van der Waals surface area contributed by atoms with Gasteiger partial charge in [0.2, 0.25) is 0 Å². The molecular formula is C14H25N5O. The second-order valence-corrected chi connectivity index (χ2v) is 5.64. The van der Waals surface area contributed by atoms with Crippen LogP contribution in [0.2, 0.25) is 0 Å². The molecule has 1 aliphatic carbocycles. The average Bonchev–Trinajstić information content (AvgIpc) is 2.46. The van der Waals surface area contributed by atoms with Crippen LogP contribution in [-0.4, -0.2) is 30.2 Å². The number of aromatic nitrogens is 2. The summed E-state index contributed by atoms with van der Waals surface area (Å²) in [4.78, 5) is 11.1. The molecule has 2 atom stereocenters. The second kappa shape index (κ2) is 6.85. The molecule has 1 saturated carbocycles. The predicted octanol–water partition coefficient (Wildman–Crippen LogP) is 1.92. The zero-order valence-electron chi connectivity index (χ0n) is 12.6. The maximum Gasteiger partial charge on any atom is 0.158 e. The molecule has 6 heteroatoms. The molecule has 0 spiro atoms. The Bertz CT molecular complexity index is 440.